The summed E-state index contributed by atoms with van der Waals surface area (Å²) < 4.78 is 2.15. The van der Waals surface area contributed by atoms with Crippen LogP contribution in [0.3, 0.4) is 0 Å². The number of hydrogen-bond acceptors (Lipinski definition) is 3. The van der Waals surface area contributed by atoms with E-state index in [1.165, 1.54) is 56.7 Å². The van der Waals surface area contributed by atoms with Crippen molar-refractivity contribution in [1.29, 1.82) is 0 Å². The lowest BCUT2D eigenvalue weighted by atomic mass is 9.79. The molecule has 0 aromatic carbocycles. The van der Waals surface area contributed by atoms with Gasteiger partial charge in [-0.25, -0.2) is 4.98 Å². The molecule has 4 heterocycles. The molecule has 2 aromatic rings. The van der Waals surface area contributed by atoms with Gasteiger partial charge in [0, 0.05) is 32.0 Å². The van der Waals surface area contributed by atoms with Crippen molar-refractivity contribution in [3.63, 3.8) is 0 Å². The number of hydrogen-bond donors (Lipinski definition) is 1. The predicted molar refractivity (Wildman–Crippen MR) is 84.4 cm³/mol. The molecule has 4 rings (SSSR count). The maximum Gasteiger partial charge on any atom is 0.139 e. The van der Waals surface area contributed by atoms with Crippen LogP contribution in [0.25, 0.3) is 5.65 Å². The minimum absolute atomic E-state index is 0.535. The molecule has 112 valence electrons. The number of nitrogens with zero attached hydrogens (tertiary/aromatic N) is 3. The number of pyridine rings is 1. The highest BCUT2D eigenvalue weighted by atomic mass is 15.2. The zero-order valence-electron chi connectivity index (χ0n) is 12.8. The van der Waals surface area contributed by atoms with Crippen molar-refractivity contribution in [3.05, 3.63) is 35.8 Å². The molecule has 2 aliphatic heterocycles. The third kappa shape index (κ3) is 2.47. The van der Waals surface area contributed by atoms with Gasteiger partial charge < -0.3 is 9.72 Å². The molecule has 4 nitrogen and oxygen atoms in total. The Morgan fingerprint density at radius 2 is 2.33 bits per heavy atom. The average Bonchev–Trinajstić information content (AvgIpc) is 3.07. The average molecular weight is 284 g/mol. The van der Waals surface area contributed by atoms with Crippen molar-refractivity contribution < 1.29 is 0 Å². The summed E-state index contributed by atoms with van der Waals surface area (Å²) in [6.45, 7) is 7.96. The van der Waals surface area contributed by atoms with Gasteiger partial charge in [-0.05, 0) is 56.3 Å². The summed E-state index contributed by atoms with van der Waals surface area (Å²) in [6, 6.07) is 4.22. The number of aryl methyl sites for hydroxylation is 1. The Hall–Kier alpha value is -1.39. The number of likely N-dealkylation sites (tertiary alicyclic amines) is 1. The summed E-state index contributed by atoms with van der Waals surface area (Å²) in [7, 11) is 0. The highest BCUT2D eigenvalue weighted by Gasteiger charge is 2.37. The maximum atomic E-state index is 4.83. The summed E-state index contributed by atoms with van der Waals surface area (Å²) in [5, 5.41) is 3.55. The molecule has 4 heteroatoms. The van der Waals surface area contributed by atoms with Gasteiger partial charge >= 0.3 is 0 Å². The van der Waals surface area contributed by atoms with Crippen LogP contribution in [0.5, 0.6) is 0 Å². The summed E-state index contributed by atoms with van der Waals surface area (Å²) >= 11 is 0. The fraction of sp³-hybridized carbons (Fsp3) is 0.588. The lowest BCUT2D eigenvalue weighted by Crippen LogP contribution is -2.44. The second kappa shape index (κ2) is 5.11. The van der Waals surface area contributed by atoms with Gasteiger partial charge in [0.1, 0.15) is 5.65 Å². The van der Waals surface area contributed by atoms with E-state index in [4.69, 9.17) is 4.98 Å². The highest BCUT2D eigenvalue weighted by Crippen LogP contribution is 2.35. The van der Waals surface area contributed by atoms with Crippen LogP contribution in [-0.2, 0) is 6.54 Å². The molecular weight excluding hydrogens is 260 g/mol. The zero-order valence-corrected chi connectivity index (χ0v) is 12.8. The second-order valence-corrected chi connectivity index (χ2v) is 6.90. The van der Waals surface area contributed by atoms with Gasteiger partial charge in [0.25, 0.3) is 0 Å². The number of piperidine rings is 1. The van der Waals surface area contributed by atoms with Crippen molar-refractivity contribution in [1.82, 2.24) is 19.6 Å². The van der Waals surface area contributed by atoms with E-state index >= 15 is 0 Å². The quantitative estimate of drug-likeness (QED) is 0.918. The van der Waals surface area contributed by atoms with Crippen LogP contribution in [0.1, 0.15) is 30.5 Å². The Labute approximate surface area is 126 Å². The predicted octanol–water partition coefficient (Wildman–Crippen LogP) is 2.22. The van der Waals surface area contributed by atoms with Gasteiger partial charge in [0.15, 0.2) is 0 Å². The lowest BCUT2D eigenvalue weighted by Gasteiger charge is -2.39. The number of imidazole rings is 1. The topological polar surface area (TPSA) is 32.6 Å². The lowest BCUT2D eigenvalue weighted by molar-refractivity contribution is 0.0969. The van der Waals surface area contributed by atoms with Crippen molar-refractivity contribution in [2.45, 2.75) is 32.7 Å². The van der Waals surface area contributed by atoms with E-state index in [1.54, 1.807) is 0 Å². The Kier molecular flexibility index (Phi) is 3.23. The first-order chi connectivity index (χ1) is 10.2. The Morgan fingerprint density at radius 3 is 3.14 bits per heavy atom. The normalized spacial score (nSPS) is 26.9. The second-order valence-electron chi connectivity index (χ2n) is 6.90. The summed E-state index contributed by atoms with van der Waals surface area (Å²) in [6.07, 6.45) is 8.34. The van der Waals surface area contributed by atoms with Crippen molar-refractivity contribution >= 4 is 5.65 Å². The first kappa shape index (κ1) is 13.3. The number of rotatable bonds is 2. The summed E-state index contributed by atoms with van der Waals surface area (Å²) in [5.41, 5.74) is 4.08. The van der Waals surface area contributed by atoms with E-state index < -0.39 is 0 Å². The number of fused-ring (bicyclic) bond motifs is 1. The van der Waals surface area contributed by atoms with Crippen molar-refractivity contribution in [3.8, 4) is 0 Å². The first-order valence-corrected chi connectivity index (χ1v) is 8.10. The molecule has 2 aliphatic rings. The van der Waals surface area contributed by atoms with Crippen LogP contribution in [0.4, 0.5) is 0 Å². The minimum atomic E-state index is 0.535. The molecule has 0 saturated carbocycles. The fourth-order valence-corrected chi connectivity index (χ4v) is 4.10. The van der Waals surface area contributed by atoms with Crippen LogP contribution >= 0.6 is 0 Å². The number of aromatic nitrogens is 2. The maximum absolute atomic E-state index is 4.83. The van der Waals surface area contributed by atoms with Crippen LogP contribution < -0.4 is 5.32 Å². The molecule has 21 heavy (non-hydrogen) atoms. The summed E-state index contributed by atoms with van der Waals surface area (Å²) in [4.78, 5) is 7.43. The van der Waals surface area contributed by atoms with Crippen LogP contribution in [0, 0.1) is 12.3 Å². The third-order valence-corrected chi connectivity index (χ3v) is 5.19. The largest absolute Gasteiger partial charge is 0.316 e. The van der Waals surface area contributed by atoms with E-state index in [1.807, 2.05) is 0 Å². The molecule has 1 spiro atoms. The van der Waals surface area contributed by atoms with Gasteiger partial charge in [-0.3, -0.25) is 4.90 Å². The fourth-order valence-electron chi connectivity index (χ4n) is 4.10. The van der Waals surface area contributed by atoms with Gasteiger partial charge in [-0.15, -0.1) is 0 Å². The third-order valence-electron chi connectivity index (χ3n) is 5.19. The molecule has 0 radical (unpaired) electrons. The summed E-state index contributed by atoms with van der Waals surface area (Å²) in [5.74, 6) is 0. The van der Waals surface area contributed by atoms with Crippen molar-refractivity contribution in [2.75, 3.05) is 26.2 Å². The number of nitrogens with one attached hydrogen (secondary N) is 1. The van der Waals surface area contributed by atoms with E-state index in [0.717, 1.165) is 12.2 Å². The molecule has 0 unspecified atom stereocenters. The molecule has 0 aliphatic carbocycles. The van der Waals surface area contributed by atoms with Crippen molar-refractivity contribution in [2.24, 2.45) is 5.41 Å². The molecule has 1 atom stereocenters. The van der Waals surface area contributed by atoms with E-state index in [0.29, 0.717) is 5.41 Å². The van der Waals surface area contributed by atoms with Crippen LogP contribution in [0.15, 0.2) is 24.5 Å². The molecule has 1 N–H and O–H groups in total. The van der Waals surface area contributed by atoms with E-state index in [2.05, 4.69) is 46.1 Å². The van der Waals surface area contributed by atoms with E-state index in [-0.39, 0.29) is 0 Å². The van der Waals surface area contributed by atoms with E-state index in [9.17, 15) is 0 Å². The standard InChI is InChI=1S/C17H24N4/c1-14-4-2-9-21-11-15(19-16(14)21)10-20-8-3-5-17(13-20)6-7-18-12-17/h2,4,9,11,18H,3,5-8,10,12-13H2,1H3/t17-/m0/s1. The van der Waals surface area contributed by atoms with Gasteiger partial charge in [-0.2, -0.15) is 0 Å². The van der Waals surface area contributed by atoms with Gasteiger partial charge in [0.05, 0.1) is 5.69 Å². The molecule has 2 aromatic heterocycles. The first-order valence-electron chi connectivity index (χ1n) is 8.10. The molecule has 0 amide bonds. The monoisotopic (exact) mass is 284 g/mol. The molecule has 2 saturated heterocycles. The highest BCUT2D eigenvalue weighted by molar-refractivity contribution is 5.47. The Balaban J connectivity index is 1.53. The van der Waals surface area contributed by atoms with Crippen LogP contribution in [0.2, 0.25) is 0 Å². The molecule has 2 fully saturated rings. The minimum Gasteiger partial charge on any atom is -0.316 e. The molecular formula is C17H24N4. The SMILES string of the molecule is Cc1cccn2cc(CN3CCC[C@@]4(CCNC4)C3)nc12. The Bertz CT molecular complexity index is 639. The van der Waals surface area contributed by atoms with Gasteiger partial charge in [-0.1, -0.05) is 6.07 Å². The van der Waals surface area contributed by atoms with Gasteiger partial charge in [0.2, 0.25) is 0 Å². The zero-order chi connectivity index (χ0) is 14.3. The Morgan fingerprint density at radius 1 is 1.38 bits per heavy atom. The smallest absolute Gasteiger partial charge is 0.139 e. The molecule has 0 bridgehead atoms. The van der Waals surface area contributed by atoms with Crippen LogP contribution in [-0.4, -0.2) is 40.5 Å².